The number of aromatic nitrogens is 2. The van der Waals surface area contributed by atoms with Crippen LogP contribution in [-0.2, 0) is 9.59 Å². The van der Waals surface area contributed by atoms with Gasteiger partial charge in [-0.15, -0.1) is 0 Å². The van der Waals surface area contributed by atoms with Crippen molar-refractivity contribution in [2.24, 2.45) is 0 Å². The van der Waals surface area contributed by atoms with Gasteiger partial charge in [0.05, 0.1) is 0 Å². The summed E-state index contributed by atoms with van der Waals surface area (Å²) in [6.07, 6.45) is 4.12. The molecule has 0 spiro atoms. The molecule has 6 nitrogen and oxygen atoms in total. The molecule has 0 radical (unpaired) electrons. The summed E-state index contributed by atoms with van der Waals surface area (Å²) in [5, 5.41) is 5.15. The normalized spacial score (nSPS) is 20.4. The maximum atomic E-state index is 11.4. The van der Waals surface area contributed by atoms with E-state index in [1.54, 1.807) is 12.4 Å². The van der Waals surface area contributed by atoms with E-state index >= 15 is 0 Å². The molecule has 1 atom stereocenters. The Morgan fingerprint density at radius 1 is 1.38 bits per heavy atom. The lowest BCUT2D eigenvalue weighted by molar-refractivity contribution is -0.133. The van der Waals surface area contributed by atoms with Crippen molar-refractivity contribution >= 4 is 40.4 Å². The molecule has 2 N–H and O–H groups in total. The maximum Gasteiger partial charge on any atom is 0.249 e. The minimum absolute atomic E-state index is 0.230. The first-order chi connectivity index (χ1) is 7.65. The Morgan fingerprint density at radius 2 is 2.06 bits per heavy atom. The van der Waals surface area contributed by atoms with Crippen LogP contribution in [0.5, 0.6) is 0 Å². The van der Waals surface area contributed by atoms with Gasteiger partial charge in [-0.3, -0.25) is 14.9 Å². The summed E-state index contributed by atoms with van der Waals surface area (Å²) < 4.78 is 0.923. The fraction of sp³-hybridized carbons (Fsp3) is 0.333. The van der Waals surface area contributed by atoms with Crippen molar-refractivity contribution in [1.82, 2.24) is 15.3 Å². The van der Waals surface area contributed by atoms with Crippen LogP contribution in [0, 0.1) is 3.57 Å². The van der Waals surface area contributed by atoms with Crippen molar-refractivity contribution in [2.45, 2.75) is 18.9 Å². The van der Waals surface area contributed by atoms with Gasteiger partial charge in [-0.05, 0) is 29.0 Å². The van der Waals surface area contributed by atoms with Crippen LogP contribution in [0.1, 0.15) is 12.8 Å². The Bertz CT molecular complexity index is 420. The van der Waals surface area contributed by atoms with E-state index in [9.17, 15) is 9.59 Å². The van der Waals surface area contributed by atoms with Crippen LogP contribution >= 0.6 is 22.6 Å². The number of carbonyl (C=O) groups excluding carboxylic acids is 2. The summed E-state index contributed by atoms with van der Waals surface area (Å²) in [6, 6.07) is -0.433. The number of rotatable bonds is 2. The highest BCUT2D eigenvalue weighted by molar-refractivity contribution is 14.1. The number of anilines is 1. The molecule has 0 bridgehead atoms. The average molecular weight is 332 g/mol. The van der Waals surface area contributed by atoms with Gasteiger partial charge >= 0.3 is 0 Å². The van der Waals surface area contributed by atoms with Crippen molar-refractivity contribution in [2.75, 3.05) is 5.32 Å². The third-order valence-corrected chi connectivity index (χ3v) is 2.72. The fourth-order valence-corrected chi connectivity index (χ4v) is 1.65. The van der Waals surface area contributed by atoms with Crippen LogP contribution in [0.4, 0.5) is 5.95 Å². The molecule has 7 heteroatoms. The number of piperidine rings is 1. The summed E-state index contributed by atoms with van der Waals surface area (Å²) in [5.41, 5.74) is 0. The van der Waals surface area contributed by atoms with E-state index in [1.807, 2.05) is 0 Å². The quantitative estimate of drug-likeness (QED) is 0.601. The second kappa shape index (κ2) is 4.73. The Morgan fingerprint density at radius 3 is 2.69 bits per heavy atom. The number of nitrogens with zero attached hydrogens (tertiary/aromatic N) is 2. The lowest BCUT2D eigenvalue weighted by Gasteiger charge is -2.21. The molecule has 1 aliphatic rings. The second-order valence-corrected chi connectivity index (χ2v) is 4.62. The first-order valence-electron chi connectivity index (χ1n) is 4.73. The molecule has 0 aromatic carbocycles. The van der Waals surface area contributed by atoms with Gasteiger partial charge in [-0.1, -0.05) is 0 Å². The lowest BCUT2D eigenvalue weighted by atomic mass is 10.1. The summed E-state index contributed by atoms with van der Waals surface area (Å²) in [6.45, 7) is 0. The van der Waals surface area contributed by atoms with E-state index < -0.39 is 6.04 Å². The number of hydrogen-bond acceptors (Lipinski definition) is 5. The van der Waals surface area contributed by atoms with Crippen molar-refractivity contribution in [3.63, 3.8) is 0 Å². The zero-order valence-corrected chi connectivity index (χ0v) is 10.4. The number of hydrogen-bond donors (Lipinski definition) is 2. The molecule has 1 saturated heterocycles. The Hall–Kier alpha value is -1.25. The summed E-state index contributed by atoms with van der Waals surface area (Å²) in [4.78, 5) is 30.4. The summed E-state index contributed by atoms with van der Waals surface area (Å²) in [5.74, 6) is -0.153. The zero-order valence-electron chi connectivity index (χ0n) is 8.24. The molecular weight excluding hydrogens is 323 g/mol. The monoisotopic (exact) mass is 332 g/mol. The number of halogens is 1. The van der Waals surface area contributed by atoms with E-state index in [-0.39, 0.29) is 11.8 Å². The van der Waals surface area contributed by atoms with Gasteiger partial charge in [0, 0.05) is 22.4 Å². The molecule has 84 valence electrons. The maximum absolute atomic E-state index is 11.4. The fourth-order valence-electron chi connectivity index (χ4n) is 1.37. The molecule has 1 fully saturated rings. The number of nitrogens with one attached hydrogen (secondary N) is 2. The molecule has 2 heterocycles. The first kappa shape index (κ1) is 11.2. The first-order valence-corrected chi connectivity index (χ1v) is 5.81. The van der Waals surface area contributed by atoms with Gasteiger partial charge < -0.3 is 5.32 Å². The van der Waals surface area contributed by atoms with Crippen LogP contribution < -0.4 is 10.6 Å². The summed E-state index contributed by atoms with van der Waals surface area (Å²) in [7, 11) is 0. The highest BCUT2D eigenvalue weighted by Crippen LogP contribution is 2.10. The predicted octanol–water partition coefficient (Wildman–Crippen LogP) is 0.298. The van der Waals surface area contributed by atoms with Crippen LogP contribution in [0.3, 0.4) is 0 Å². The number of carbonyl (C=O) groups is 2. The molecule has 0 aliphatic carbocycles. The Balaban J connectivity index is 2.02. The molecule has 1 aromatic rings. The van der Waals surface area contributed by atoms with Gasteiger partial charge in [0.15, 0.2) is 0 Å². The minimum atomic E-state index is -0.433. The van der Waals surface area contributed by atoms with E-state index in [0.717, 1.165) is 3.57 Å². The van der Waals surface area contributed by atoms with Gasteiger partial charge in [0.25, 0.3) is 0 Å². The van der Waals surface area contributed by atoms with Crippen molar-refractivity contribution in [1.29, 1.82) is 0 Å². The average Bonchev–Trinajstić information content (AvgIpc) is 2.25. The molecule has 1 aromatic heterocycles. The molecule has 1 unspecified atom stereocenters. The SMILES string of the molecule is O=C1CCC(Nc2ncc(I)cn2)C(=O)N1. The Kier molecular flexibility index (Phi) is 3.32. The van der Waals surface area contributed by atoms with Gasteiger partial charge in [-0.2, -0.15) is 0 Å². The smallest absolute Gasteiger partial charge is 0.249 e. The highest BCUT2D eigenvalue weighted by Gasteiger charge is 2.26. The molecular formula is C9H9IN4O2. The molecule has 2 rings (SSSR count). The van der Waals surface area contributed by atoms with Crippen molar-refractivity contribution in [3.8, 4) is 0 Å². The van der Waals surface area contributed by atoms with Gasteiger partial charge in [-0.25, -0.2) is 9.97 Å². The van der Waals surface area contributed by atoms with Crippen molar-refractivity contribution < 1.29 is 9.59 Å². The van der Waals surface area contributed by atoms with Crippen LogP contribution in [0.25, 0.3) is 0 Å². The second-order valence-electron chi connectivity index (χ2n) is 3.37. The molecule has 16 heavy (non-hydrogen) atoms. The molecule has 2 amide bonds. The van der Waals surface area contributed by atoms with Gasteiger partial charge in [0.1, 0.15) is 6.04 Å². The molecule has 0 saturated carbocycles. The number of imide groups is 1. The highest BCUT2D eigenvalue weighted by atomic mass is 127. The van der Waals surface area contributed by atoms with Crippen LogP contribution in [-0.4, -0.2) is 27.8 Å². The van der Waals surface area contributed by atoms with Crippen LogP contribution in [0.2, 0.25) is 0 Å². The topological polar surface area (TPSA) is 84.0 Å². The standard InChI is InChI=1S/C9H9IN4O2/c10-5-3-11-9(12-4-5)13-6-1-2-7(15)14-8(6)16/h3-4,6H,1-2H2,(H,11,12,13)(H,14,15,16). The molecule has 1 aliphatic heterocycles. The van der Waals surface area contributed by atoms with E-state index in [1.165, 1.54) is 0 Å². The lowest BCUT2D eigenvalue weighted by Crippen LogP contribution is -2.47. The number of amides is 2. The van der Waals surface area contributed by atoms with Gasteiger partial charge in [0.2, 0.25) is 17.8 Å². The van der Waals surface area contributed by atoms with E-state index in [2.05, 4.69) is 43.2 Å². The predicted molar refractivity (Wildman–Crippen MR) is 64.5 cm³/mol. The Labute approximate surface area is 105 Å². The largest absolute Gasteiger partial charge is 0.342 e. The van der Waals surface area contributed by atoms with E-state index in [0.29, 0.717) is 18.8 Å². The minimum Gasteiger partial charge on any atom is -0.342 e. The van der Waals surface area contributed by atoms with Crippen LogP contribution in [0.15, 0.2) is 12.4 Å². The zero-order chi connectivity index (χ0) is 11.5. The third-order valence-electron chi connectivity index (χ3n) is 2.16. The van der Waals surface area contributed by atoms with E-state index in [4.69, 9.17) is 0 Å². The third kappa shape index (κ3) is 2.65. The summed E-state index contributed by atoms with van der Waals surface area (Å²) >= 11 is 2.10. The van der Waals surface area contributed by atoms with Crippen molar-refractivity contribution in [3.05, 3.63) is 16.0 Å².